The molecule has 0 fully saturated rings. The molecule has 1 rings (SSSR count). The highest BCUT2D eigenvalue weighted by atomic mass is 15.1. The van der Waals surface area contributed by atoms with Gasteiger partial charge in [0.2, 0.25) is 0 Å². The largest absolute Gasteiger partial charge is 0.372 e. The average Bonchev–Trinajstić information content (AvgIpc) is 2.26. The topological polar surface area (TPSA) is 52.0 Å². The van der Waals surface area contributed by atoms with E-state index in [1.54, 1.807) is 12.4 Å². The van der Waals surface area contributed by atoms with Crippen LogP contribution in [0.2, 0.25) is 0 Å². The molecule has 0 radical (unpaired) electrons. The van der Waals surface area contributed by atoms with Gasteiger partial charge in [0, 0.05) is 26.3 Å². The van der Waals surface area contributed by atoms with Crippen LogP contribution in [0.3, 0.4) is 0 Å². The van der Waals surface area contributed by atoms with E-state index in [-0.39, 0.29) is 0 Å². The van der Waals surface area contributed by atoms with E-state index in [2.05, 4.69) is 21.3 Å². The highest BCUT2D eigenvalue weighted by Crippen LogP contribution is 2.11. The fraction of sp³-hybridized carbons (Fsp3) is 0.400. The Morgan fingerprint density at radius 3 is 3.00 bits per heavy atom. The fourth-order valence-electron chi connectivity index (χ4n) is 1.11. The maximum absolute atomic E-state index is 8.70. The molecule has 0 bridgehead atoms. The highest BCUT2D eigenvalue weighted by Gasteiger charge is 2.01. The lowest BCUT2D eigenvalue weighted by atomic mass is 10.3. The second-order valence-electron chi connectivity index (χ2n) is 3.07. The first-order valence-corrected chi connectivity index (χ1v) is 4.49. The average molecular weight is 190 g/mol. The zero-order valence-corrected chi connectivity index (χ0v) is 8.49. The van der Waals surface area contributed by atoms with Crippen LogP contribution >= 0.6 is 0 Å². The van der Waals surface area contributed by atoms with Crippen LogP contribution in [0.1, 0.15) is 5.56 Å². The summed E-state index contributed by atoms with van der Waals surface area (Å²) < 4.78 is 0. The molecule has 0 amide bonds. The number of aromatic nitrogens is 1. The summed E-state index contributed by atoms with van der Waals surface area (Å²) in [7, 11) is 3.90. The molecule has 1 N–H and O–H groups in total. The van der Waals surface area contributed by atoms with E-state index < -0.39 is 0 Å². The summed E-state index contributed by atoms with van der Waals surface area (Å²) >= 11 is 0. The number of likely N-dealkylation sites (N-methyl/N-ethyl adjacent to an activating group) is 2. The molecule has 0 aliphatic rings. The van der Waals surface area contributed by atoms with Crippen LogP contribution in [0.15, 0.2) is 18.5 Å². The molecule has 74 valence electrons. The third-order valence-electron chi connectivity index (χ3n) is 1.99. The van der Waals surface area contributed by atoms with Crippen molar-refractivity contribution in [1.29, 1.82) is 5.26 Å². The highest BCUT2D eigenvalue weighted by molar-refractivity contribution is 5.48. The summed E-state index contributed by atoms with van der Waals surface area (Å²) in [6.45, 7) is 1.81. The molecular weight excluding hydrogens is 176 g/mol. The van der Waals surface area contributed by atoms with Crippen LogP contribution < -0.4 is 10.2 Å². The summed E-state index contributed by atoms with van der Waals surface area (Å²) in [5.41, 5.74) is 1.57. The van der Waals surface area contributed by atoms with Gasteiger partial charge in [-0.05, 0) is 13.1 Å². The molecule has 0 unspecified atom stereocenters. The zero-order valence-electron chi connectivity index (χ0n) is 8.49. The molecule has 0 aliphatic carbocycles. The minimum absolute atomic E-state index is 0.596. The number of nitrogens with one attached hydrogen (secondary N) is 1. The maximum Gasteiger partial charge on any atom is 0.101 e. The number of hydrogen-bond acceptors (Lipinski definition) is 4. The number of nitrogens with zero attached hydrogens (tertiary/aromatic N) is 3. The summed E-state index contributed by atoms with van der Waals surface area (Å²) in [6.07, 6.45) is 3.33. The third-order valence-corrected chi connectivity index (χ3v) is 1.99. The predicted octanol–water partition coefficient (Wildman–Crippen LogP) is 0.609. The molecule has 1 aromatic heterocycles. The van der Waals surface area contributed by atoms with E-state index in [0.717, 1.165) is 18.8 Å². The second kappa shape index (κ2) is 5.20. The van der Waals surface area contributed by atoms with E-state index in [9.17, 15) is 0 Å². The van der Waals surface area contributed by atoms with Gasteiger partial charge in [0.1, 0.15) is 6.07 Å². The van der Waals surface area contributed by atoms with E-state index in [0.29, 0.717) is 5.56 Å². The number of nitriles is 1. The van der Waals surface area contributed by atoms with Crippen LogP contribution in [-0.2, 0) is 0 Å². The van der Waals surface area contributed by atoms with Crippen molar-refractivity contribution in [3.8, 4) is 6.07 Å². The Balaban J connectivity index is 2.70. The van der Waals surface area contributed by atoms with Crippen molar-refractivity contribution >= 4 is 5.69 Å². The Morgan fingerprint density at radius 2 is 2.36 bits per heavy atom. The molecule has 0 saturated carbocycles. The van der Waals surface area contributed by atoms with Crippen LogP contribution in [0.5, 0.6) is 0 Å². The van der Waals surface area contributed by atoms with Gasteiger partial charge in [-0.3, -0.25) is 4.98 Å². The third kappa shape index (κ3) is 2.71. The molecular formula is C10H14N4. The molecule has 0 saturated heterocycles. The van der Waals surface area contributed by atoms with E-state index in [1.165, 1.54) is 0 Å². The lowest BCUT2D eigenvalue weighted by Gasteiger charge is -2.18. The van der Waals surface area contributed by atoms with Crippen LogP contribution in [-0.4, -0.2) is 32.2 Å². The summed E-state index contributed by atoms with van der Waals surface area (Å²) in [4.78, 5) is 6.06. The van der Waals surface area contributed by atoms with Crippen LogP contribution in [0.25, 0.3) is 0 Å². The van der Waals surface area contributed by atoms with Gasteiger partial charge in [-0.25, -0.2) is 0 Å². The quantitative estimate of drug-likeness (QED) is 0.755. The summed E-state index contributed by atoms with van der Waals surface area (Å²) in [5.74, 6) is 0. The number of rotatable bonds is 4. The monoisotopic (exact) mass is 190 g/mol. The molecule has 1 aromatic rings. The van der Waals surface area contributed by atoms with Crippen molar-refractivity contribution < 1.29 is 0 Å². The van der Waals surface area contributed by atoms with E-state index in [1.807, 2.05) is 20.2 Å². The molecule has 4 heteroatoms. The van der Waals surface area contributed by atoms with Gasteiger partial charge in [0.05, 0.1) is 17.4 Å². The van der Waals surface area contributed by atoms with Crippen molar-refractivity contribution in [1.82, 2.24) is 10.3 Å². The Labute approximate surface area is 84.2 Å². The standard InChI is InChI=1S/C10H14N4/c1-12-3-4-14(2)10-5-9(6-11)7-13-8-10/h5,7-8,12H,3-4H2,1-2H3. The number of anilines is 1. The van der Waals surface area contributed by atoms with Gasteiger partial charge in [0.25, 0.3) is 0 Å². The number of pyridine rings is 1. The van der Waals surface area contributed by atoms with Gasteiger partial charge >= 0.3 is 0 Å². The van der Waals surface area contributed by atoms with E-state index >= 15 is 0 Å². The van der Waals surface area contributed by atoms with Crippen molar-refractivity contribution in [2.75, 3.05) is 32.1 Å². The molecule has 0 aromatic carbocycles. The van der Waals surface area contributed by atoms with Crippen molar-refractivity contribution in [2.24, 2.45) is 0 Å². The molecule has 0 atom stereocenters. The Bertz CT molecular complexity index is 329. The lowest BCUT2D eigenvalue weighted by molar-refractivity contribution is 0.767. The SMILES string of the molecule is CNCCN(C)c1cncc(C#N)c1. The van der Waals surface area contributed by atoms with Crippen LogP contribution in [0, 0.1) is 11.3 Å². The summed E-state index contributed by atoms with van der Waals surface area (Å²) in [5, 5.41) is 11.8. The summed E-state index contributed by atoms with van der Waals surface area (Å²) in [6, 6.07) is 3.91. The fourth-order valence-corrected chi connectivity index (χ4v) is 1.11. The molecule has 1 heterocycles. The zero-order chi connectivity index (χ0) is 10.4. The smallest absolute Gasteiger partial charge is 0.101 e. The predicted molar refractivity (Wildman–Crippen MR) is 56.1 cm³/mol. The molecule has 0 aliphatic heterocycles. The normalized spacial score (nSPS) is 9.50. The van der Waals surface area contributed by atoms with Gasteiger partial charge in [0.15, 0.2) is 0 Å². The van der Waals surface area contributed by atoms with Crippen LogP contribution in [0.4, 0.5) is 5.69 Å². The molecule has 4 nitrogen and oxygen atoms in total. The van der Waals surface area contributed by atoms with Gasteiger partial charge in [-0.2, -0.15) is 5.26 Å². The minimum Gasteiger partial charge on any atom is -0.372 e. The lowest BCUT2D eigenvalue weighted by Crippen LogP contribution is -2.27. The first-order valence-electron chi connectivity index (χ1n) is 4.49. The van der Waals surface area contributed by atoms with Gasteiger partial charge < -0.3 is 10.2 Å². The maximum atomic E-state index is 8.70. The van der Waals surface area contributed by atoms with Crippen molar-refractivity contribution in [3.63, 3.8) is 0 Å². The molecule has 0 spiro atoms. The Morgan fingerprint density at radius 1 is 1.57 bits per heavy atom. The van der Waals surface area contributed by atoms with Gasteiger partial charge in [-0.15, -0.1) is 0 Å². The second-order valence-corrected chi connectivity index (χ2v) is 3.07. The first kappa shape index (κ1) is 10.5. The van der Waals surface area contributed by atoms with Gasteiger partial charge in [-0.1, -0.05) is 0 Å². The van der Waals surface area contributed by atoms with Crippen molar-refractivity contribution in [2.45, 2.75) is 0 Å². The molecule has 14 heavy (non-hydrogen) atoms. The minimum atomic E-state index is 0.596. The first-order chi connectivity index (χ1) is 6.77. The van der Waals surface area contributed by atoms with Crippen molar-refractivity contribution in [3.05, 3.63) is 24.0 Å². The Kier molecular flexibility index (Phi) is 3.89. The Hall–Kier alpha value is -1.60. The van der Waals surface area contributed by atoms with E-state index in [4.69, 9.17) is 5.26 Å². The number of hydrogen-bond donors (Lipinski definition) is 1.